The van der Waals surface area contributed by atoms with Gasteiger partial charge in [0, 0.05) is 5.56 Å². The Hall–Kier alpha value is -3.16. The average molecular weight is 386 g/mol. The normalized spacial score (nSPS) is 12.6. The van der Waals surface area contributed by atoms with Gasteiger partial charge in [-0.2, -0.15) is 4.39 Å². The number of imidazole rings is 1. The number of carbonyl (C=O) groups excluding carboxylic acids is 1. The minimum absolute atomic E-state index is 0.214. The van der Waals surface area contributed by atoms with Gasteiger partial charge in [0.05, 0.1) is 17.9 Å². The average Bonchev–Trinajstić information content (AvgIpc) is 3.01. The van der Waals surface area contributed by atoms with E-state index in [-0.39, 0.29) is 6.04 Å². The smallest absolute Gasteiger partial charge is 0.407 e. The van der Waals surface area contributed by atoms with Crippen molar-refractivity contribution in [2.45, 2.75) is 39.3 Å². The lowest BCUT2D eigenvalue weighted by atomic mass is 10.2. The quantitative estimate of drug-likeness (QED) is 0.721. The van der Waals surface area contributed by atoms with E-state index in [4.69, 9.17) is 9.47 Å². The Morgan fingerprint density at radius 1 is 1.21 bits per heavy atom. The van der Waals surface area contributed by atoms with E-state index in [1.165, 1.54) is 10.6 Å². The van der Waals surface area contributed by atoms with Crippen LogP contribution < -0.4 is 10.1 Å². The summed E-state index contributed by atoms with van der Waals surface area (Å²) in [6.07, 6.45) is 1.19. The van der Waals surface area contributed by atoms with E-state index in [2.05, 4.69) is 15.4 Å². The molecule has 1 amide bonds. The molecular weight excluding hydrogens is 363 g/mol. The second kappa shape index (κ2) is 7.84. The zero-order valence-electron chi connectivity index (χ0n) is 16.3. The van der Waals surface area contributed by atoms with Crippen molar-refractivity contribution in [3.8, 4) is 17.0 Å². The van der Waals surface area contributed by atoms with Crippen molar-refractivity contribution in [3.05, 3.63) is 48.5 Å². The number of alkyl carbamates (subject to hydrolysis) is 1. The first kappa shape index (κ1) is 19.6. The summed E-state index contributed by atoms with van der Waals surface area (Å²) in [5, 5.41) is 6.48. The minimum atomic E-state index is -0.561. The van der Waals surface area contributed by atoms with Gasteiger partial charge in [0.1, 0.15) is 18.0 Å². The fraction of sp³-hybridized carbons (Fsp3) is 0.350. The molecule has 2 heterocycles. The van der Waals surface area contributed by atoms with Crippen molar-refractivity contribution >= 4 is 11.7 Å². The van der Waals surface area contributed by atoms with Gasteiger partial charge in [0.2, 0.25) is 5.95 Å². The van der Waals surface area contributed by atoms with E-state index in [1.807, 2.05) is 52.0 Å². The first-order valence-electron chi connectivity index (χ1n) is 8.94. The number of benzene rings is 1. The number of carbonyl (C=O) groups is 1. The Morgan fingerprint density at radius 3 is 2.61 bits per heavy atom. The Morgan fingerprint density at radius 2 is 1.93 bits per heavy atom. The van der Waals surface area contributed by atoms with Gasteiger partial charge in [-0.25, -0.2) is 14.3 Å². The van der Waals surface area contributed by atoms with E-state index < -0.39 is 17.6 Å². The van der Waals surface area contributed by atoms with Gasteiger partial charge < -0.3 is 14.8 Å². The molecule has 8 heteroatoms. The van der Waals surface area contributed by atoms with Crippen LogP contribution in [0.2, 0.25) is 0 Å². The van der Waals surface area contributed by atoms with Crippen LogP contribution in [-0.4, -0.2) is 38.9 Å². The number of aromatic nitrogens is 3. The fourth-order valence-electron chi connectivity index (χ4n) is 2.49. The Bertz CT molecular complexity index is 964. The lowest BCUT2D eigenvalue weighted by Crippen LogP contribution is -2.40. The van der Waals surface area contributed by atoms with Crippen LogP contribution in [0.25, 0.3) is 16.9 Å². The van der Waals surface area contributed by atoms with Crippen molar-refractivity contribution in [1.82, 2.24) is 19.9 Å². The number of nitrogens with zero attached hydrogens (tertiary/aromatic N) is 3. The zero-order valence-corrected chi connectivity index (χ0v) is 16.3. The molecule has 0 aliphatic rings. The van der Waals surface area contributed by atoms with Gasteiger partial charge >= 0.3 is 6.09 Å². The number of amides is 1. The molecule has 7 nitrogen and oxygen atoms in total. The first-order valence-corrected chi connectivity index (χ1v) is 8.94. The van der Waals surface area contributed by atoms with Crippen LogP contribution in [0.5, 0.6) is 5.75 Å². The van der Waals surface area contributed by atoms with E-state index in [9.17, 15) is 9.18 Å². The molecule has 28 heavy (non-hydrogen) atoms. The molecule has 148 valence electrons. The Balaban J connectivity index is 1.57. The molecule has 0 aliphatic heterocycles. The Labute approximate surface area is 162 Å². The van der Waals surface area contributed by atoms with E-state index in [0.717, 1.165) is 5.56 Å². The number of hydrogen-bond donors (Lipinski definition) is 1. The highest BCUT2D eigenvalue weighted by molar-refractivity contribution is 5.68. The molecule has 0 fully saturated rings. The van der Waals surface area contributed by atoms with E-state index in [1.54, 1.807) is 12.3 Å². The number of fused-ring (bicyclic) bond motifs is 1. The van der Waals surface area contributed by atoms with Crippen molar-refractivity contribution in [2.75, 3.05) is 6.61 Å². The summed E-state index contributed by atoms with van der Waals surface area (Å²) in [7, 11) is 0. The molecular formula is C20H23FN4O3. The van der Waals surface area contributed by atoms with Crippen LogP contribution in [0.15, 0.2) is 42.6 Å². The number of hydrogen-bond acceptors (Lipinski definition) is 5. The van der Waals surface area contributed by atoms with Crippen LogP contribution >= 0.6 is 0 Å². The Kier molecular flexibility index (Phi) is 5.48. The van der Waals surface area contributed by atoms with Gasteiger partial charge in [-0.05, 0) is 64.1 Å². The maximum Gasteiger partial charge on any atom is 0.407 e. The van der Waals surface area contributed by atoms with Gasteiger partial charge in [-0.3, -0.25) is 0 Å². The summed E-state index contributed by atoms with van der Waals surface area (Å²) in [5.74, 6) is 0.101. The summed E-state index contributed by atoms with van der Waals surface area (Å²) in [5.41, 5.74) is 1.57. The fourth-order valence-corrected chi connectivity index (χ4v) is 2.49. The van der Waals surface area contributed by atoms with Crippen molar-refractivity contribution in [2.24, 2.45) is 0 Å². The number of nitrogens with one attached hydrogen (secondary N) is 1. The number of halogens is 1. The summed E-state index contributed by atoms with van der Waals surface area (Å²) < 4.78 is 25.5. The van der Waals surface area contributed by atoms with E-state index in [0.29, 0.717) is 23.7 Å². The first-order chi connectivity index (χ1) is 13.2. The molecule has 0 saturated heterocycles. The summed E-state index contributed by atoms with van der Waals surface area (Å²) in [6.45, 7) is 7.57. The molecule has 3 rings (SSSR count). The van der Waals surface area contributed by atoms with Gasteiger partial charge in [-0.15, -0.1) is 5.10 Å². The molecule has 0 unspecified atom stereocenters. The SMILES string of the molecule is C[C@H](COc1ccc(-c2cn3nc(F)ccc3n2)cc1)NC(=O)OC(C)(C)C. The van der Waals surface area contributed by atoms with E-state index >= 15 is 0 Å². The standard InChI is InChI=1S/C20H23FN4O3/c1-13(22-19(26)28-20(2,3)4)12-27-15-7-5-14(6-8-15)16-11-25-18(23-16)10-9-17(21)24-25/h5-11,13H,12H2,1-4H3,(H,22,26)/t13-/m1/s1. The summed E-state index contributed by atoms with van der Waals surface area (Å²) in [4.78, 5) is 16.2. The predicted octanol–water partition coefficient (Wildman–Crippen LogP) is 3.83. The van der Waals surface area contributed by atoms with Crippen molar-refractivity contribution in [1.29, 1.82) is 0 Å². The van der Waals surface area contributed by atoms with Crippen LogP contribution in [0.4, 0.5) is 9.18 Å². The third-order valence-electron chi connectivity index (χ3n) is 3.70. The van der Waals surface area contributed by atoms with Gasteiger partial charge in [0.15, 0.2) is 5.65 Å². The van der Waals surface area contributed by atoms with Crippen LogP contribution in [0, 0.1) is 5.95 Å². The molecule has 2 aromatic heterocycles. The second-order valence-corrected chi connectivity index (χ2v) is 7.47. The lowest BCUT2D eigenvalue weighted by Gasteiger charge is -2.22. The highest BCUT2D eigenvalue weighted by Crippen LogP contribution is 2.22. The number of ether oxygens (including phenoxy) is 2. The van der Waals surface area contributed by atoms with Crippen molar-refractivity contribution < 1.29 is 18.7 Å². The van der Waals surface area contributed by atoms with Crippen LogP contribution in [-0.2, 0) is 4.74 Å². The molecule has 3 aromatic rings. The van der Waals surface area contributed by atoms with Gasteiger partial charge in [0.25, 0.3) is 0 Å². The maximum absolute atomic E-state index is 13.2. The topological polar surface area (TPSA) is 77.8 Å². The zero-order chi connectivity index (χ0) is 20.3. The highest BCUT2D eigenvalue weighted by atomic mass is 19.1. The second-order valence-electron chi connectivity index (χ2n) is 7.47. The molecule has 1 N–H and O–H groups in total. The monoisotopic (exact) mass is 386 g/mol. The maximum atomic E-state index is 13.2. The minimum Gasteiger partial charge on any atom is -0.491 e. The third kappa shape index (κ3) is 5.18. The third-order valence-corrected chi connectivity index (χ3v) is 3.70. The molecule has 0 radical (unpaired) electrons. The molecule has 0 aliphatic carbocycles. The summed E-state index contributed by atoms with van der Waals surface area (Å²) >= 11 is 0. The van der Waals surface area contributed by atoms with Crippen molar-refractivity contribution in [3.63, 3.8) is 0 Å². The molecule has 0 bridgehead atoms. The largest absolute Gasteiger partial charge is 0.491 e. The lowest BCUT2D eigenvalue weighted by molar-refractivity contribution is 0.0494. The van der Waals surface area contributed by atoms with Gasteiger partial charge in [-0.1, -0.05) is 0 Å². The summed E-state index contributed by atoms with van der Waals surface area (Å²) in [6, 6.07) is 9.98. The molecule has 0 spiro atoms. The molecule has 1 aromatic carbocycles. The molecule has 1 atom stereocenters. The highest BCUT2D eigenvalue weighted by Gasteiger charge is 2.17. The number of rotatable bonds is 5. The molecule has 0 saturated carbocycles. The van der Waals surface area contributed by atoms with Crippen LogP contribution in [0.3, 0.4) is 0 Å². The van der Waals surface area contributed by atoms with Crippen LogP contribution in [0.1, 0.15) is 27.7 Å². The predicted molar refractivity (Wildman–Crippen MR) is 103 cm³/mol.